The summed E-state index contributed by atoms with van der Waals surface area (Å²) in [6.07, 6.45) is 4.52. The van der Waals surface area contributed by atoms with Crippen LogP contribution in [0.4, 0.5) is 0 Å². The van der Waals surface area contributed by atoms with Gasteiger partial charge in [0.05, 0.1) is 12.7 Å². The fourth-order valence-electron chi connectivity index (χ4n) is 2.63. The molecule has 1 aliphatic heterocycles. The molecule has 0 aromatic carbocycles. The Morgan fingerprint density at radius 1 is 1.33 bits per heavy atom. The molecule has 1 aromatic heterocycles. The molecule has 2 rings (SSSR count). The zero-order chi connectivity index (χ0) is 15.4. The Labute approximate surface area is 124 Å². The van der Waals surface area contributed by atoms with Crippen LogP contribution in [0.15, 0.2) is 10.6 Å². The van der Waals surface area contributed by atoms with E-state index in [4.69, 9.17) is 4.42 Å². The monoisotopic (exact) mass is 293 g/mol. The van der Waals surface area contributed by atoms with Crippen molar-refractivity contribution < 1.29 is 14.0 Å². The minimum Gasteiger partial charge on any atom is -0.444 e. The molecular weight excluding hydrogens is 270 g/mol. The molecule has 0 saturated carbocycles. The third kappa shape index (κ3) is 3.25. The zero-order valence-corrected chi connectivity index (χ0v) is 12.9. The maximum absolute atomic E-state index is 12.6. The van der Waals surface area contributed by atoms with Gasteiger partial charge in [0, 0.05) is 6.42 Å². The number of oxazole rings is 1. The van der Waals surface area contributed by atoms with Crippen molar-refractivity contribution in [2.24, 2.45) is 0 Å². The Morgan fingerprint density at radius 2 is 2.10 bits per heavy atom. The SMILES string of the molecule is CCCC1NC(=O)C(CC)N(Cc2ncc(CC)o2)C1=O. The third-order valence-corrected chi connectivity index (χ3v) is 3.80. The second-order valence-electron chi connectivity index (χ2n) is 5.31. The maximum atomic E-state index is 12.6. The standard InChI is InChI=1S/C15H23N3O3/c1-4-7-11-15(20)18(12(6-3)14(19)17-11)9-13-16-8-10(5-2)21-13/h8,11-12H,4-7,9H2,1-3H3,(H,17,19). The van der Waals surface area contributed by atoms with E-state index in [9.17, 15) is 9.59 Å². The van der Waals surface area contributed by atoms with Crippen LogP contribution in [-0.2, 0) is 22.6 Å². The van der Waals surface area contributed by atoms with Crippen LogP contribution in [0.3, 0.4) is 0 Å². The molecular formula is C15H23N3O3. The summed E-state index contributed by atoms with van der Waals surface area (Å²) in [5.41, 5.74) is 0. The van der Waals surface area contributed by atoms with Crippen LogP contribution in [0.25, 0.3) is 0 Å². The molecule has 1 fully saturated rings. The Kier molecular flexibility index (Phi) is 4.98. The summed E-state index contributed by atoms with van der Waals surface area (Å²) in [5, 5.41) is 2.82. The number of amides is 2. The summed E-state index contributed by atoms with van der Waals surface area (Å²) in [6, 6.07) is -0.867. The average Bonchev–Trinajstić information content (AvgIpc) is 2.92. The predicted octanol–water partition coefficient (Wildman–Crippen LogP) is 1.64. The van der Waals surface area contributed by atoms with Crippen LogP contribution in [0.2, 0.25) is 0 Å². The van der Waals surface area contributed by atoms with E-state index in [0.717, 1.165) is 18.6 Å². The van der Waals surface area contributed by atoms with Gasteiger partial charge in [0.1, 0.15) is 17.8 Å². The van der Waals surface area contributed by atoms with Crippen LogP contribution < -0.4 is 5.32 Å². The Bertz CT molecular complexity index is 512. The van der Waals surface area contributed by atoms with Gasteiger partial charge in [-0.2, -0.15) is 0 Å². The minimum atomic E-state index is -0.442. The number of hydrogen-bond acceptors (Lipinski definition) is 4. The summed E-state index contributed by atoms with van der Waals surface area (Å²) in [6.45, 7) is 6.13. The Hall–Kier alpha value is -1.85. The molecule has 6 heteroatoms. The number of rotatable bonds is 6. The highest BCUT2D eigenvalue weighted by molar-refractivity contribution is 5.96. The summed E-state index contributed by atoms with van der Waals surface area (Å²) in [7, 11) is 0. The van der Waals surface area contributed by atoms with E-state index in [1.165, 1.54) is 0 Å². The summed E-state index contributed by atoms with van der Waals surface area (Å²) < 4.78 is 5.57. The first-order valence-corrected chi connectivity index (χ1v) is 7.65. The molecule has 0 radical (unpaired) electrons. The first kappa shape index (κ1) is 15.5. The van der Waals surface area contributed by atoms with Crippen LogP contribution in [0.5, 0.6) is 0 Å². The number of nitrogens with one attached hydrogen (secondary N) is 1. The fraction of sp³-hybridized carbons (Fsp3) is 0.667. The molecule has 21 heavy (non-hydrogen) atoms. The van der Waals surface area contributed by atoms with Crippen LogP contribution >= 0.6 is 0 Å². The van der Waals surface area contributed by atoms with Crippen molar-refractivity contribution >= 4 is 11.8 Å². The second kappa shape index (κ2) is 6.74. The topological polar surface area (TPSA) is 75.4 Å². The van der Waals surface area contributed by atoms with Crippen LogP contribution in [0.1, 0.15) is 51.7 Å². The molecule has 1 N–H and O–H groups in total. The highest BCUT2D eigenvalue weighted by Gasteiger charge is 2.39. The largest absolute Gasteiger partial charge is 0.444 e. The molecule has 2 heterocycles. The van der Waals surface area contributed by atoms with Crippen LogP contribution in [-0.4, -0.2) is 33.8 Å². The summed E-state index contributed by atoms with van der Waals surface area (Å²) in [4.78, 5) is 30.5. The second-order valence-corrected chi connectivity index (χ2v) is 5.31. The molecule has 0 aliphatic carbocycles. The molecule has 2 amide bonds. The fourth-order valence-corrected chi connectivity index (χ4v) is 2.63. The molecule has 1 saturated heterocycles. The molecule has 2 atom stereocenters. The summed E-state index contributed by atoms with van der Waals surface area (Å²) >= 11 is 0. The highest BCUT2D eigenvalue weighted by Crippen LogP contribution is 2.19. The van der Waals surface area contributed by atoms with Gasteiger partial charge in [-0.25, -0.2) is 4.98 Å². The molecule has 6 nitrogen and oxygen atoms in total. The maximum Gasteiger partial charge on any atom is 0.246 e. The number of hydrogen-bond donors (Lipinski definition) is 1. The van der Waals surface area contributed by atoms with Gasteiger partial charge in [-0.15, -0.1) is 0 Å². The van der Waals surface area contributed by atoms with Crippen LogP contribution in [0, 0.1) is 0 Å². The number of carbonyl (C=O) groups excluding carboxylic acids is 2. The van der Waals surface area contributed by atoms with E-state index in [2.05, 4.69) is 10.3 Å². The molecule has 1 aromatic rings. The van der Waals surface area contributed by atoms with Gasteiger partial charge < -0.3 is 14.6 Å². The molecule has 116 valence electrons. The van der Waals surface area contributed by atoms with Crippen molar-refractivity contribution in [2.45, 2.75) is 65.1 Å². The molecule has 1 aliphatic rings. The van der Waals surface area contributed by atoms with Crippen molar-refractivity contribution in [1.29, 1.82) is 0 Å². The predicted molar refractivity (Wildman–Crippen MR) is 77.3 cm³/mol. The van der Waals surface area contributed by atoms with E-state index in [-0.39, 0.29) is 18.4 Å². The van der Waals surface area contributed by atoms with E-state index < -0.39 is 12.1 Å². The number of carbonyl (C=O) groups is 2. The van der Waals surface area contributed by atoms with Gasteiger partial charge in [-0.1, -0.05) is 27.2 Å². The average molecular weight is 293 g/mol. The highest BCUT2D eigenvalue weighted by atomic mass is 16.4. The number of nitrogens with zero attached hydrogens (tertiary/aromatic N) is 2. The quantitative estimate of drug-likeness (QED) is 0.865. The van der Waals surface area contributed by atoms with E-state index in [1.54, 1.807) is 11.1 Å². The van der Waals surface area contributed by atoms with Gasteiger partial charge in [-0.3, -0.25) is 9.59 Å². The number of aryl methyl sites for hydroxylation is 1. The normalized spacial score (nSPS) is 22.5. The van der Waals surface area contributed by atoms with Crippen molar-refractivity contribution in [2.75, 3.05) is 0 Å². The van der Waals surface area contributed by atoms with Gasteiger partial charge in [0.15, 0.2) is 0 Å². The van der Waals surface area contributed by atoms with Crippen molar-refractivity contribution in [1.82, 2.24) is 15.2 Å². The van der Waals surface area contributed by atoms with Gasteiger partial charge in [0.2, 0.25) is 17.7 Å². The van der Waals surface area contributed by atoms with E-state index in [1.807, 2.05) is 20.8 Å². The number of aromatic nitrogens is 1. The lowest BCUT2D eigenvalue weighted by atomic mass is 10.0. The van der Waals surface area contributed by atoms with Crippen molar-refractivity contribution in [3.05, 3.63) is 17.8 Å². The lowest BCUT2D eigenvalue weighted by Gasteiger charge is -2.37. The Morgan fingerprint density at radius 3 is 2.67 bits per heavy atom. The van der Waals surface area contributed by atoms with E-state index in [0.29, 0.717) is 18.7 Å². The lowest BCUT2D eigenvalue weighted by molar-refractivity contribution is -0.150. The van der Waals surface area contributed by atoms with Gasteiger partial charge in [0.25, 0.3) is 0 Å². The summed E-state index contributed by atoms with van der Waals surface area (Å²) in [5.74, 6) is 1.15. The van der Waals surface area contributed by atoms with E-state index >= 15 is 0 Å². The zero-order valence-electron chi connectivity index (χ0n) is 12.9. The third-order valence-electron chi connectivity index (χ3n) is 3.80. The van der Waals surface area contributed by atoms with Crippen molar-refractivity contribution in [3.63, 3.8) is 0 Å². The molecule has 0 bridgehead atoms. The first-order valence-electron chi connectivity index (χ1n) is 7.65. The minimum absolute atomic E-state index is 0.0421. The Balaban J connectivity index is 2.18. The lowest BCUT2D eigenvalue weighted by Crippen LogP contribution is -2.62. The smallest absolute Gasteiger partial charge is 0.246 e. The first-order chi connectivity index (χ1) is 10.1. The van der Waals surface area contributed by atoms with Crippen molar-refractivity contribution in [3.8, 4) is 0 Å². The number of piperazine rings is 1. The van der Waals surface area contributed by atoms with Gasteiger partial charge >= 0.3 is 0 Å². The molecule has 2 unspecified atom stereocenters. The molecule has 0 spiro atoms. The van der Waals surface area contributed by atoms with Gasteiger partial charge in [-0.05, 0) is 12.8 Å².